The number of thioether (sulfide) groups is 1. The van der Waals surface area contributed by atoms with Gasteiger partial charge in [-0.25, -0.2) is 0 Å². The summed E-state index contributed by atoms with van der Waals surface area (Å²) in [4.78, 5) is 0. The molecule has 1 aromatic heterocycles. The van der Waals surface area contributed by atoms with Crippen LogP contribution in [0, 0.1) is 0 Å². The Labute approximate surface area is 138 Å². The second-order valence-corrected chi connectivity index (χ2v) is 6.25. The normalized spacial score (nSPS) is 10.8. The predicted molar refractivity (Wildman–Crippen MR) is 92.3 cm³/mol. The van der Waals surface area contributed by atoms with Crippen LogP contribution < -0.4 is 0 Å². The maximum atomic E-state index is 9.08. The van der Waals surface area contributed by atoms with Gasteiger partial charge in [0, 0.05) is 21.9 Å². The standard InChI is InChI=1S/C17H15ClN2OS/c18-14-8-4-7-13(11-14)15-16(12-5-2-1-3-6-12)19-20-17(15)22-10-9-21/h1-8,11,21H,9-10H2,(H,19,20). The maximum absolute atomic E-state index is 9.08. The van der Waals surface area contributed by atoms with Gasteiger partial charge in [-0.15, -0.1) is 11.8 Å². The Morgan fingerprint density at radius 2 is 1.82 bits per heavy atom. The summed E-state index contributed by atoms with van der Waals surface area (Å²) >= 11 is 7.67. The minimum Gasteiger partial charge on any atom is -0.396 e. The summed E-state index contributed by atoms with van der Waals surface area (Å²) in [6, 6.07) is 17.8. The molecule has 0 radical (unpaired) electrons. The van der Waals surface area contributed by atoms with Crippen LogP contribution in [0.3, 0.4) is 0 Å². The molecule has 112 valence electrons. The van der Waals surface area contributed by atoms with Crippen molar-refractivity contribution in [1.82, 2.24) is 10.2 Å². The molecule has 0 unspecified atom stereocenters. The van der Waals surface area contributed by atoms with Crippen LogP contribution in [-0.4, -0.2) is 27.7 Å². The fourth-order valence-corrected chi connectivity index (χ4v) is 3.25. The molecule has 0 fully saturated rings. The number of halogens is 1. The first-order valence-corrected chi connectivity index (χ1v) is 8.29. The largest absolute Gasteiger partial charge is 0.396 e. The van der Waals surface area contributed by atoms with Crippen molar-refractivity contribution in [2.75, 3.05) is 12.4 Å². The van der Waals surface area contributed by atoms with Gasteiger partial charge in [0.2, 0.25) is 0 Å². The summed E-state index contributed by atoms with van der Waals surface area (Å²) in [7, 11) is 0. The molecule has 0 aliphatic carbocycles. The molecule has 0 atom stereocenters. The van der Waals surface area contributed by atoms with Crippen molar-refractivity contribution in [2.24, 2.45) is 0 Å². The SMILES string of the molecule is OCCSc1n[nH]c(-c2ccccc2)c1-c1cccc(Cl)c1. The van der Waals surface area contributed by atoms with E-state index in [-0.39, 0.29) is 6.61 Å². The van der Waals surface area contributed by atoms with E-state index in [1.54, 1.807) is 0 Å². The van der Waals surface area contributed by atoms with Gasteiger partial charge in [0.25, 0.3) is 0 Å². The number of benzene rings is 2. The number of aromatic amines is 1. The zero-order valence-electron chi connectivity index (χ0n) is 11.8. The van der Waals surface area contributed by atoms with Crippen LogP contribution in [0.15, 0.2) is 59.6 Å². The van der Waals surface area contributed by atoms with Crippen molar-refractivity contribution < 1.29 is 5.11 Å². The van der Waals surface area contributed by atoms with Crippen LogP contribution in [-0.2, 0) is 0 Å². The Bertz CT molecular complexity index is 758. The summed E-state index contributed by atoms with van der Waals surface area (Å²) < 4.78 is 0. The number of hydrogen-bond donors (Lipinski definition) is 2. The average molecular weight is 331 g/mol. The summed E-state index contributed by atoms with van der Waals surface area (Å²) in [6.07, 6.45) is 0. The zero-order chi connectivity index (χ0) is 15.4. The molecule has 0 saturated carbocycles. The van der Waals surface area contributed by atoms with Crippen molar-refractivity contribution in [3.63, 3.8) is 0 Å². The highest BCUT2D eigenvalue weighted by molar-refractivity contribution is 7.99. The first-order chi connectivity index (χ1) is 10.8. The Balaban J connectivity index is 2.13. The lowest BCUT2D eigenvalue weighted by atomic mass is 10.0. The van der Waals surface area contributed by atoms with Crippen LogP contribution in [0.1, 0.15) is 0 Å². The van der Waals surface area contributed by atoms with Gasteiger partial charge < -0.3 is 5.11 Å². The number of aliphatic hydroxyl groups is 1. The molecule has 3 nitrogen and oxygen atoms in total. The highest BCUT2D eigenvalue weighted by Gasteiger charge is 2.17. The molecule has 0 spiro atoms. The van der Waals surface area contributed by atoms with E-state index in [9.17, 15) is 0 Å². The molecule has 3 rings (SSSR count). The third kappa shape index (κ3) is 3.19. The van der Waals surface area contributed by atoms with Gasteiger partial charge >= 0.3 is 0 Å². The smallest absolute Gasteiger partial charge is 0.126 e. The summed E-state index contributed by atoms with van der Waals surface area (Å²) in [6.45, 7) is 0.118. The van der Waals surface area contributed by atoms with Gasteiger partial charge in [-0.2, -0.15) is 5.10 Å². The lowest BCUT2D eigenvalue weighted by Gasteiger charge is -2.07. The summed E-state index contributed by atoms with van der Waals surface area (Å²) in [5, 5.41) is 18.2. The number of rotatable bonds is 5. The molecule has 5 heteroatoms. The van der Waals surface area contributed by atoms with E-state index in [1.807, 2.05) is 54.6 Å². The van der Waals surface area contributed by atoms with Crippen molar-refractivity contribution in [1.29, 1.82) is 0 Å². The highest BCUT2D eigenvalue weighted by Crippen LogP contribution is 2.38. The van der Waals surface area contributed by atoms with Crippen molar-refractivity contribution in [3.05, 3.63) is 59.6 Å². The van der Waals surface area contributed by atoms with Gasteiger partial charge in [-0.3, -0.25) is 5.10 Å². The molecule has 0 aliphatic rings. The second kappa shape index (κ2) is 7.01. The first-order valence-electron chi connectivity index (χ1n) is 6.93. The predicted octanol–water partition coefficient (Wildman–Crippen LogP) is 4.48. The third-order valence-corrected chi connectivity index (χ3v) is 4.43. The van der Waals surface area contributed by atoms with Crippen LogP contribution in [0.4, 0.5) is 0 Å². The molecule has 3 aromatic rings. The quantitative estimate of drug-likeness (QED) is 0.678. The number of hydrogen-bond acceptors (Lipinski definition) is 3. The molecule has 2 N–H and O–H groups in total. The zero-order valence-corrected chi connectivity index (χ0v) is 13.4. The summed E-state index contributed by atoms with van der Waals surface area (Å²) in [5.41, 5.74) is 4.07. The molecular weight excluding hydrogens is 316 g/mol. The number of aromatic nitrogens is 2. The molecule has 0 saturated heterocycles. The highest BCUT2D eigenvalue weighted by atomic mass is 35.5. The molecule has 1 heterocycles. The van der Waals surface area contributed by atoms with Gasteiger partial charge in [-0.1, -0.05) is 54.1 Å². The van der Waals surface area contributed by atoms with Crippen LogP contribution in [0.5, 0.6) is 0 Å². The molecule has 0 aliphatic heterocycles. The molecule has 0 bridgehead atoms. The second-order valence-electron chi connectivity index (χ2n) is 4.73. The Hall–Kier alpha value is -1.75. The number of aliphatic hydroxyl groups excluding tert-OH is 1. The Morgan fingerprint density at radius 3 is 2.55 bits per heavy atom. The van der Waals surface area contributed by atoms with E-state index in [1.165, 1.54) is 11.8 Å². The van der Waals surface area contributed by atoms with Gasteiger partial charge in [0.15, 0.2) is 0 Å². The number of H-pyrrole nitrogens is 1. The van der Waals surface area contributed by atoms with E-state index in [0.29, 0.717) is 10.8 Å². The minimum absolute atomic E-state index is 0.118. The van der Waals surface area contributed by atoms with Crippen LogP contribution >= 0.6 is 23.4 Å². The van der Waals surface area contributed by atoms with Crippen molar-refractivity contribution in [3.8, 4) is 22.4 Å². The minimum atomic E-state index is 0.118. The molecule has 0 amide bonds. The van der Waals surface area contributed by atoms with Crippen molar-refractivity contribution in [2.45, 2.75) is 5.03 Å². The Morgan fingerprint density at radius 1 is 1.05 bits per heavy atom. The monoisotopic (exact) mass is 330 g/mol. The van der Waals surface area contributed by atoms with Gasteiger partial charge in [-0.05, 0) is 17.7 Å². The summed E-state index contributed by atoms with van der Waals surface area (Å²) in [5.74, 6) is 0.604. The fourth-order valence-electron chi connectivity index (χ4n) is 2.30. The maximum Gasteiger partial charge on any atom is 0.126 e. The van der Waals surface area contributed by atoms with Crippen LogP contribution in [0.25, 0.3) is 22.4 Å². The van der Waals surface area contributed by atoms with E-state index in [0.717, 1.165) is 27.4 Å². The van der Waals surface area contributed by atoms with E-state index in [4.69, 9.17) is 16.7 Å². The van der Waals surface area contributed by atoms with Gasteiger partial charge in [0.1, 0.15) is 5.03 Å². The first kappa shape index (κ1) is 15.2. The van der Waals surface area contributed by atoms with Crippen LogP contribution in [0.2, 0.25) is 5.02 Å². The van der Waals surface area contributed by atoms with E-state index in [2.05, 4.69) is 10.2 Å². The lowest BCUT2D eigenvalue weighted by molar-refractivity contribution is 0.322. The number of nitrogens with zero attached hydrogens (tertiary/aromatic N) is 1. The lowest BCUT2D eigenvalue weighted by Crippen LogP contribution is -1.88. The third-order valence-electron chi connectivity index (χ3n) is 3.24. The Kier molecular flexibility index (Phi) is 4.83. The van der Waals surface area contributed by atoms with Crippen molar-refractivity contribution >= 4 is 23.4 Å². The molecular formula is C17H15ClN2OS. The van der Waals surface area contributed by atoms with E-state index >= 15 is 0 Å². The molecule has 2 aromatic carbocycles. The number of nitrogens with one attached hydrogen (secondary N) is 1. The average Bonchev–Trinajstić information content (AvgIpc) is 2.97. The molecule has 22 heavy (non-hydrogen) atoms. The van der Waals surface area contributed by atoms with E-state index < -0.39 is 0 Å². The van der Waals surface area contributed by atoms with Gasteiger partial charge in [0.05, 0.1) is 12.3 Å². The fraction of sp³-hybridized carbons (Fsp3) is 0.118. The topological polar surface area (TPSA) is 48.9 Å².